The van der Waals surface area contributed by atoms with Crippen LogP contribution in [-0.4, -0.2) is 27.4 Å². The number of pyridine rings is 1. The molecule has 179 valence electrons. The van der Waals surface area contributed by atoms with Crippen LogP contribution >= 0.6 is 0 Å². The van der Waals surface area contributed by atoms with Gasteiger partial charge in [0, 0.05) is 38.6 Å². The quantitative estimate of drug-likeness (QED) is 0.254. The van der Waals surface area contributed by atoms with E-state index in [4.69, 9.17) is 22.5 Å². The van der Waals surface area contributed by atoms with Gasteiger partial charge >= 0.3 is 0 Å². The number of nitrogens with zero attached hydrogens (tertiary/aromatic N) is 1. The van der Waals surface area contributed by atoms with Crippen LogP contribution in [0.25, 0.3) is 33.2 Å². The van der Waals surface area contributed by atoms with Gasteiger partial charge in [0.2, 0.25) is 0 Å². The van der Waals surface area contributed by atoms with Gasteiger partial charge in [-0.25, -0.2) is 0 Å². The summed E-state index contributed by atoms with van der Waals surface area (Å²) in [6, 6.07) is 23.6. The Labute approximate surface area is 228 Å². The van der Waals surface area contributed by atoms with Gasteiger partial charge in [-0.15, -0.1) is 29.3 Å². The van der Waals surface area contributed by atoms with Crippen molar-refractivity contribution in [2.24, 2.45) is 0 Å². The van der Waals surface area contributed by atoms with Crippen molar-refractivity contribution >= 4 is 10.8 Å². The Morgan fingerprint density at radius 1 is 1.00 bits per heavy atom. The molecule has 0 spiro atoms. The van der Waals surface area contributed by atoms with Gasteiger partial charge in [-0.3, -0.25) is 0 Å². The molecule has 1 aliphatic rings. The summed E-state index contributed by atoms with van der Waals surface area (Å²) < 4.78 is 63.4. The second-order valence-corrected chi connectivity index (χ2v) is 8.71. The molecule has 2 unspecified atom stereocenters. The van der Waals surface area contributed by atoms with Crippen molar-refractivity contribution in [1.29, 1.82) is 0 Å². The minimum atomic E-state index is -2.65. The Balaban J connectivity index is 0.000000310. The van der Waals surface area contributed by atoms with E-state index >= 15 is 0 Å². The topological polar surface area (TPSA) is 53.4 Å². The van der Waals surface area contributed by atoms with Gasteiger partial charge in [0.1, 0.15) is 0 Å². The zero-order chi connectivity index (χ0) is 31.3. The Morgan fingerprint density at radius 3 is 2.50 bits per heavy atom. The van der Waals surface area contributed by atoms with Crippen LogP contribution in [0, 0.1) is 12.9 Å². The molecular formula is C30H32IrNO2-. The van der Waals surface area contributed by atoms with Crippen LogP contribution in [0.5, 0.6) is 0 Å². The van der Waals surface area contributed by atoms with E-state index in [1.165, 1.54) is 33.0 Å². The first kappa shape index (κ1) is 16.3. The van der Waals surface area contributed by atoms with Crippen LogP contribution in [0.3, 0.4) is 0 Å². The predicted molar refractivity (Wildman–Crippen MR) is 136 cm³/mol. The van der Waals surface area contributed by atoms with E-state index in [-0.39, 0.29) is 25.5 Å². The Morgan fingerprint density at radius 2 is 1.76 bits per heavy atom. The average molecular weight is 640 g/mol. The second kappa shape index (κ2) is 10.5. The minimum Gasteiger partial charge on any atom is -0.393 e. The Kier molecular flexibility index (Phi) is 5.04. The molecule has 4 heteroatoms. The molecule has 2 atom stereocenters. The standard InChI is InChI=1S/C25H20N.C5H12O2.Ir/c1-16-12-13-26-23(14-16)18-9-10-20-21-11-8-17-6-4-5-7-19(17)24(21)25(2,3)22(20)15-18;1-4(6)3-5(2)7;/h4-8,10-15H,1-3H3;4-7H,3H2,1-2H3;/q-1;;/i1D3;1D3,2D3;. The van der Waals surface area contributed by atoms with Crippen molar-refractivity contribution < 1.29 is 42.7 Å². The van der Waals surface area contributed by atoms with Gasteiger partial charge in [0.05, 0.1) is 12.2 Å². The van der Waals surface area contributed by atoms with Crippen LogP contribution in [0.1, 0.15) is 63.0 Å². The maximum Gasteiger partial charge on any atom is 0.0536 e. The number of aliphatic hydroxyl groups is 2. The second-order valence-electron chi connectivity index (χ2n) is 8.71. The number of fused-ring (bicyclic) bond motifs is 5. The molecule has 1 heterocycles. The summed E-state index contributed by atoms with van der Waals surface area (Å²) in [4.78, 5) is 4.41. The SMILES string of the molecule is [2H]C([2H])([2H])C(O)CC(O)C([2H])([2H])[2H].[2H]C([2H])([2H])c1ccnc(-c2[c-]cc3c(c2)C(C)(C)c2c-3ccc3ccccc23)c1.[Ir]. The Bertz CT molecular complexity index is 1580. The van der Waals surface area contributed by atoms with Crippen LogP contribution < -0.4 is 0 Å². The van der Waals surface area contributed by atoms with Gasteiger partial charge in [-0.05, 0) is 60.5 Å². The summed E-state index contributed by atoms with van der Waals surface area (Å²) in [6.45, 7) is -2.94. The van der Waals surface area contributed by atoms with Crippen LogP contribution in [0.2, 0.25) is 0 Å². The van der Waals surface area contributed by atoms with E-state index in [9.17, 15) is 0 Å². The summed E-state index contributed by atoms with van der Waals surface area (Å²) in [5, 5.41) is 20.4. The molecular weight excluding hydrogens is 599 g/mol. The molecule has 1 aromatic heterocycles. The number of benzene rings is 3. The third-order valence-electron chi connectivity index (χ3n) is 5.95. The van der Waals surface area contributed by atoms with Crippen LogP contribution in [0.4, 0.5) is 0 Å². The number of aliphatic hydroxyl groups excluding tert-OH is 2. The fourth-order valence-electron chi connectivity index (χ4n) is 4.47. The summed E-state index contributed by atoms with van der Waals surface area (Å²) in [5.41, 5.74) is 6.57. The number of rotatable bonds is 3. The van der Waals surface area contributed by atoms with E-state index in [0.717, 1.165) is 5.56 Å². The molecule has 1 radical (unpaired) electrons. The van der Waals surface area contributed by atoms with Gasteiger partial charge in [-0.1, -0.05) is 73.0 Å². The molecule has 0 aliphatic heterocycles. The maximum absolute atomic E-state index is 8.95. The molecule has 0 amide bonds. The van der Waals surface area contributed by atoms with E-state index in [1.54, 1.807) is 18.3 Å². The average Bonchev–Trinajstić information content (AvgIpc) is 3.14. The van der Waals surface area contributed by atoms with Crippen LogP contribution in [-0.2, 0) is 25.5 Å². The molecule has 34 heavy (non-hydrogen) atoms. The van der Waals surface area contributed by atoms with Gasteiger partial charge < -0.3 is 15.2 Å². The number of hydrogen-bond acceptors (Lipinski definition) is 3. The van der Waals surface area contributed by atoms with E-state index in [0.29, 0.717) is 11.3 Å². The smallest absolute Gasteiger partial charge is 0.0536 e. The van der Waals surface area contributed by atoms with Crippen molar-refractivity contribution in [2.75, 3.05) is 0 Å². The van der Waals surface area contributed by atoms with Gasteiger partial charge in [0.25, 0.3) is 0 Å². The largest absolute Gasteiger partial charge is 0.393 e. The Hall–Kier alpha value is -2.36. The first-order valence-electron chi connectivity index (χ1n) is 15.2. The normalized spacial score (nSPS) is 19.8. The maximum atomic E-state index is 8.95. The predicted octanol–water partition coefficient (Wildman–Crippen LogP) is 6.45. The van der Waals surface area contributed by atoms with Crippen molar-refractivity contribution in [1.82, 2.24) is 4.98 Å². The zero-order valence-electron chi connectivity index (χ0n) is 27.9. The van der Waals surface area contributed by atoms with Crippen molar-refractivity contribution in [3.8, 4) is 22.4 Å². The van der Waals surface area contributed by atoms with E-state index in [2.05, 4.69) is 67.4 Å². The molecule has 0 fully saturated rings. The molecule has 0 saturated heterocycles. The first-order valence-corrected chi connectivity index (χ1v) is 10.7. The fraction of sp³-hybridized carbons (Fsp3) is 0.300. The van der Waals surface area contributed by atoms with Crippen molar-refractivity contribution in [2.45, 2.75) is 58.4 Å². The van der Waals surface area contributed by atoms with Crippen LogP contribution in [0.15, 0.2) is 66.9 Å². The van der Waals surface area contributed by atoms with E-state index in [1.807, 2.05) is 6.07 Å². The third kappa shape index (κ3) is 5.16. The van der Waals surface area contributed by atoms with Gasteiger partial charge in [0.15, 0.2) is 0 Å². The molecule has 2 N–H and O–H groups in total. The van der Waals surface area contributed by atoms with E-state index < -0.39 is 39.2 Å². The zero-order valence-corrected chi connectivity index (χ0v) is 21.3. The summed E-state index contributed by atoms with van der Waals surface area (Å²) in [6.07, 6.45) is -2.72. The number of aryl methyl sites for hydroxylation is 1. The number of aromatic nitrogens is 1. The van der Waals surface area contributed by atoms with Crippen molar-refractivity contribution in [3.63, 3.8) is 0 Å². The first-order chi connectivity index (χ1) is 19.3. The molecule has 0 bridgehead atoms. The summed E-state index contributed by atoms with van der Waals surface area (Å²) in [7, 11) is 0. The molecule has 1 aliphatic carbocycles. The molecule has 0 saturated carbocycles. The third-order valence-corrected chi connectivity index (χ3v) is 5.95. The fourth-order valence-corrected chi connectivity index (χ4v) is 4.47. The van der Waals surface area contributed by atoms with Gasteiger partial charge in [-0.2, -0.15) is 0 Å². The molecule has 3 nitrogen and oxygen atoms in total. The minimum absolute atomic E-state index is 0. The summed E-state index contributed by atoms with van der Waals surface area (Å²) in [5.74, 6) is 0. The molecule has 3 aromatic carbocycles. The molecule has 5 rings (SSSR count). The molecule has 4 aromatic rings. The number of hydrogen-bond donors (Lipinski definition) is 2. The van der Waals surface area contributed by atoms with Crippen molar-refractivity contribution in [3.05, 3.63) is 89.6 Å². The monoisotopic (exact) mass is 640 g/mol. The summed E-state index contributed by atoms with van der Waals surface area (Å²) >= 11 is 0.